The van der Waals surface area contributed by atoms with Gasteiger partial charge in [-0.2, -0.15) is 0 Å². The summed E-state index contributed by atoms with van der Waals surface area (Å²) in [6, 6.07) is 11.5. The summed E-state index contributed by atoms with van der Waals surface area (Å²) in [4.78, 5) is 30.5. The molecule has 2 aromatic carbocycles. The molecule has 13 heteroatoms. The highest BCUT2D eigenvalue weighted by molar-refractivity contribution is 9.10. The van der Waals surface area contributed by atoms with Crippen molar-refractivity contribution in [3.63, 3.8) is 0 Å². The zero-order valence-electron chi connectivity index (χ0n) is 18.2. The van der Waals surface area contributed by atoms with Gasteiger partial charge in [0.25, 0.3) is 15.6 Å². The summed E-state index contributed by atoms with van der Waals surface area (Å²) in [6.07, 6.45) is -1.04. The van der Waals surface area contributed by atoms with Crippen LogP contribution in [0.25, 0.3) is 10.8 Å². The first kappa shape index (κ1) is 25.1. The molecule has 34 heavy (non-hydrogen) atoms. The van der Waals surface area contributed by atoms with Crippen molar-refractivity contribution >= 4 is 54.3 Å². The van der Waals surface area contributed by atoms with Crippen LogP contribution in [0.5, 0.6) is 0 Å². The molecule has 7 N–H and O–H groups in total. The van der Waals surface area contributed by atoms with Crippen LogP contribution in [0.2, 0.25) is 0 Å². The molecule has 1 amide bonds. The number of amides is 1. The standard InChI is InChI=1S/C21H23BrN6O5S/c1-11-3-8-17(20(30)28(11)18(19(23)29)12(2)33-26-21(24)25)27-34(31,32)16-7-5-13-9-15(22)6-4-14(13)10-16/h3-10,12,18,27H,1-2H3,(H2,23,29)(H4,24,25,26). The molecule has 0 bridgehead atoms. The third kappa shape index (κ3) is 5.31. The van der Waals surface area contributed by atoms with Crippen molar-refractivity contribution < 1.29 is 18.0 Å². The lowest BCUT2D eigenvalue weighted by molar-refractivity contribution is -0.125. The number of aromatic nitrogens is 1. The molecule has 0 saturated carbocycles. The summed E-state index contributed by atoms with van der Waals surface area (Å²) >= 11 is 3.37. The fourth-order valence-electron chi connectivity index (χ4n) is 3.40. The minimum absolute atomic E-state index is 0.0373. The molecule has 1 aromatic heterocycles. The van der Waals surface area contributed by atoms with Crippen LogP contribution >= 0.6 is 15.9 Å². The van der Waals surface area contributed by atoms with Crippen LogP contribution in [0.1, 0.15) is 18.7 Å². The van der Waals surface area contributed by atoms with Crippen molar-refractivity contribution in [2.24, 2.45) is 22.4 Å². The lowest BCUT2D eigenvalue weighted by Gasteiger charge is -2.24. The highest BCUT2D eigenvalue weighted by atomic mass is 79.9. The fraction of sp³-hybridized carbons (Fsp3) is 0.190. The maximum absolute atomic E-state index is 13.2. The van der Waals surface area contributed by atoms with E-state index < -0.39 is 33.6 Å². The van der Waals surface area contributed by atoms with E-state index in [2.05, 4.69) is 25.8 Å². The number of guanidine groups is 1. The second-order valence-electron chi connectivity index (χ2n) is 7.50. The number of benzene rings is 2. The van der Waals surface area contributed by atoms with Crippen molar-refractivity contribution in [1.29, 1.82) is 0 Å². The van der Waals surface area contributed by atoms with Crippen LogP contribution in [0, 0.1) is 6.92 Å². The second-order valence-corrected chi connectivity index (χ2v) is 10.1. The molecule has 3 aromatic rings. The highest BCUT2D eigenvalue weighted by Gasteiger charge is 2.30. The number of hydrogen-bond donors (Lipinski definition) is 4. The normalized spacial score (nSPS) is 13.1. The number of primary amides is 1. The predicted molar refractivity (Wildman–Crippen MR) is 132 cm³/mol. The molecular formula is C21H23BrN6O5S. The van der Waals surface area contributed by atoms with E-state index in [0.29, 0.717) is 11.1 Å². The van der Waals surface area contributed by atoms with Gasteiger partial charge in [-0.1, -0.05) is 28.1 Å². The Morgan fingerprint density at radius 2 is 1.74 bits per heavy atom. The van der Waals surface area contributed by atoms with Gasteiger partial charge in [0, 0.05) is 10.2 Å². The Hall–Kier alpha value is -3.58. The first-order valence-electron chi connectivity index (χ1n) is 9.89. The van der Waals surface area contributed by atoms with E-state index in [-0.39, 0.29) is 16.5 Å². The molecule has 2 unspecified atom stereocenters. The molecule has 0 aliphatic rings. The van der Waals surface area contributed by atoms with Crippen molar-refractivity contribution in [2.75, 3.05) is 4.72 Å². The van der Waals surface area contributed by atoms with Gasteiger partial charge in [-0.3, -0.25) is 18.9 Å². The SMILES string of the molecule is Cc1ccc(NS(=O)(=O)c2ccc3cc(Br)ccc3c2)c(=O)n1C(C(N)=O)C(C)ON=C(N)N. The quantitative estimate of drug-likeness (QED) is 0.186. The molecule has 0 fully saturated rings. The van der Waals surface area contributed by atoms with Crippen LogP contribution < -0.4 is 27.5 Å². The first-order chi connectivity index (χ1) is 15.9. The lowest BCUT2D eigenvalue weighted by atomic mass is 10.1. The van der Waals surface area contributed by atoms with Crippen molar-refractivity contribution in [2.45, 2.75) is 30.9 Å². The first-order valence-corrected chi connectivity index (χ1v) is 12.2. The van der Waals surface area contributed by atoms with Gasteiger partial charge in [-0.15, -0.1) is 0 Å². The molecule has 2 atom stereocenters. The zero-order valence-corrected chi connectivity index (χ0v) is 20.6. The fourth-order valence-corrected chi connectivity index (χ4v) is 4.88. The molecule has 0 saturated heterocycles. The van der Waals surface area contributed by atoms with Gasteiger partial charge >= 0.3 is 0 Å². The molecule has 180 valence electrons. The number of anilines is 1. The second kappa shape index (κ2) is 9.73. The highest BCUT2D eigenvalue weighted by Crippen LogP contribution is 2.24. The number of hydrogen-bond acceptors (Lipinski definition) is 6. The maximum atomic E-state index is 13.2. The average molecular weight is 551 g/mol. The predicted octanol–water partition coefficient (Wildman–Crippen LogP) is 1.49. The number of halogens is 1. The van der Waals surface area contributed by atoms with Crippen LogP contribution in [-0.4, -0.2) is 31.0 Å². The van der Waals surface area contributed by atoms with E-state index in [9.17, 15) is 18.0 Å². The third-order valence-electron chi connectivity index (χ3n) is 4.99. The van der Waals surface area contributed by atoms with Gasteiger partial charge < -0.3 is 22.0 Å². The lowest BCUT2D eigenvalue weighted by Crippen LogP contribution is -2.42. The molecular weight excluding hydrogens is 528 g/mol. The van der Waals surface area contributed by atoms with Gasteiger partial charge in [0.05, 0.1) is 4.90 Å². The number of rotatable bonds is 8. The summed E-state index contributed by atoms with van der Waals surface area (Å²) in [7, 11) is -4.13. The monoisotopic (exact) mass is 550 g/mol. The summed E-state index contributed by atoms with van der Waals surface area (Å²) in [5.74, 6) is -1.28. The number of carbonyl (C=O) groups excluding carboxylic acids is 1. The Morgan fingerprint density at radius 1 is 1.09 bits per heavy atom. The Kier molecular flexibility index (Phi) is 7.17. The van der Waals surface area contributed by atoms with Crippen molar-refractivity contribution in [3.8, 4) is 0 Å². The van der Waals surface area contributed by atoms with Crippen LogP contribution in [0.4, 0.5) is 5.69 Å². The number of pyridine rings is 1. The van der Waals surface area contributed by atoms with E-state index in [0.717, 1.165) is 14.4 Å². The molecule has 11 nitrogen and oxygen atoms in total. The van der Waals surface area contributed by atoms with E-state index in [1.165, 1.54) is 31.2 Å². The van der Waals surface area contributed by atoms with Crippen LogP contribution in [-0.2, 0) is 19.7 Å². The minimum Gasteiger partial charge on any atom is -0.387 e. The molecule has 3 rings (SSSR count). The largest absolute Gasteiger partial charge is 0.387 e. The van der Waals surface area contributed by atoms with Gasteiger partial charge in [0.2, 0.25) is 11.9 Å². The van der Waals surface area contributed by atoms with E-state index in [4.69, 9.17) is 22.0 Å². The number of nitrogens with zero attached hydrogens (tertiary/aromatic N) is 2. The van der Waals surface area contributed by atoms with Crippen molar-refractivity contribution in [1.82, 2.24) is 4.57 Å². The average Bonchev–Trinajstić information content (AvgIpc) is 2.76. The Labute approximate surface area is 203 Å². The number of nitrogens with two attached hydrogens (primary N) is 3. The van der Waals surface area contributed by atoms with E-state index >= 15 is 0 Å². The smallest absolute Gasteiger partial charge is 0.275 e. The van der Waals surface area contributed by atoms with Crippen LogP contribution in [0.3, 0.4) is 0 Å². The summed E-state index contributed by atoms with van der Waals surface area (Å²) in [5.41, 5.74) is 15.3. The Bertz CT molecular complexity index is 1450. The Balaban J connectivity index is 2.02. The number of oxime groups is 1. The number of sulfonamides is 1. The van der Waals surface area contributed by atoms with Crippen molar-refractivity contribution in [3.05, 3.63) is 69.1 Å². The van der Waals surface area contributed by atoms with Gasteiger partial charge in [0.1, 0.15) is 5.69 Å². The number of aryl methyl sites for hydroxylation is 1. The molecule has 0 radical (unpaired) electrons. The number of nitrogens with one attached hydrogen (secondary N) is 1. The molecule has 0 aliphatic carbocycles. The van der Waals surface area contributed by atoms with E-state index in [1.807, 2.05) is 6.07 Å². The molecule has 1 heterocycles. The number of fused-ring (bicyclic) bond motifs is 1. The van der Waals surface area contributed by atoms with Gasteiger partial charge in [-0.25, -0.2) is 8.42 Å². The van der Waals surface area contributed by atoms with E-state index in [1.54, 1.807) is 25.1 Å². The molecule has 0 aliphatic heterocycles. The molecule has 0 spiro atoms. The van der Waals surface area contributed by atoms with Crippen LogP contribution in [0.15, 0.2) is 67.8 Å². The number of carbonyl (C=O) groups is 1. The minimum atomic E-state index is -4.13. The summed E-state index contributed by atoms with van der Waals surface area (Å²) < 4.78 is 30.3. The summed E-state index contributed by atoms with van der Waals surface area (Å²) in [6.45, 7) is 3.00. The van der Waals surface area contributed by atoms with Gasteiger partial charge in [-0.05, 0) is 66.2 Å². The van der Waals surface area contributed by atoms with Gasteiger partial charge in [0.15, 0.2) is 12.1 Å². The third-order valence-corrected chi connectivity index (χ3v) is 6.84. The summed E-state index contributed by atoms with van der Waals surface area (Å²) in [5, 5.41) is 4.94. The topological polar surface area (TPSA) is 185 Å². The Morgan fingerprint density at radius 3 is 2.38 bits per heavy atom. The maximum Gasteiger partial charge on any atom is 0.275 e. The zero-order chi connectivity index (χ0) is 25.2.